The Morgan fingerprint density at radius 3 is 2.00 bits per heavy atom. The molecule has 0 heterocycles. The number of hydrogen-bond acceptors (Lipinski definition) is 7. The molecular formula is C32H47N3O7S. The van der Waals surface area contributed by atoms with Crippen LogP contribution in [0.2, 0.25) is 0 Å². The quantitative estimate of drug-likeness (QED) is 0.199. The van der Waals surface area contributed by atoms with E-state index in [9.17, 15) is 33.2 Å². The van der Waals surface area contributed by atoms with E-state index < -0.39 is 43.8 Å². The van der Waals surface area contributed by atoms with Gasteiger partial charge in [0.05, 0.1) is 27.4 Å². The number of carbonyl (C=O) groups is 2. The lowest BCUT2D eigenvalue weighted by Crippen LogP contribution is -2.57. The highest BCUT2D eigenvalue weighted by Gasteiger charge is 2.49. The molecule has 11 heteroatoms. The first-order chi connectivity index (χ1) is 19.8. The summed E-state index contributed by atoms with van der Waals surface area (Å²) in [5.74, 6) is -0.625. The molecule has 1 amide bonds. The predicted molar refractivity (Wildman–Crippen MR) is 167 cm³/mol. The molecular weight excluding hydrogens is 570 g/mol. The zero-order valence-corrected chi connectivity index (χ0v) is 27.3. The minimum absolute atomic E-state index is 0.0677. The van der Waals surface area contributed by atoms with Crippen LogP contribution in [0.15, 0.2) is 59.5 Å². The fraction of sp³-hybridized carbons (Fsp3) is 0.562. The fourth-order valence-electron chi connectivity index (χ4n) is 4.75. The summed E-state index contributed by atoms with van der Waals surface area (Å²) in [6.07, 6.45) is -0.589. The molecule has 0 saturated carbocycles. The minimum atomic E-state index is -4.15. The van der Waals surface area contributed by atoms with Crippen molar-refractivity contribution < 1.29 is 28.0 Å². The lowest BCUT2D eigenvalue weighted by atomic mass is 9.63. The van der Waals surface area contributed by atoms with Gasteiger partial charge in [0.25, 0.3) is 5.69 Å². The Morgan fingerprint density at radius 1 is 0.953 bits per heavy atom. The van der Waals surface area contributed by atoms with Gasteiger partial charge in [0, 0.05) is 36.6 Å². The molecule has 238 valence electrons. The number of aliphatic hydroxyl groups excluding tert-OH is 1. The van der Waals surface area contributed by atoms with Crippen LogP contribution in [0.1, 0.15) is 67.4 Å². The number of nitro groups is 1. The lowest BCUT2D eigenvalue weighted by Gasteiger charge is -2.41. The molecule has 0 aliphatic carbocycles. The van der Waals surface area contributed by atoms with Gasteiger partial charge < -0.3 is 10.4 Å². The SMILES string of the molecule is CC(C)CCN(CC(O)C(Cc1ccccc1)NC(=O)C(C)(C)C(C)(C)C(=O)C(C)C)S(=O)(=O)c1ccc([N+](=O)[O-])cc1. The second kappa shape index (κ2) is 14.5. The van der Waals surface area contributed by atoms with E-state index in [0.717, 1.165) is 17.7 Å². The zero-order chi connectivity index (χ0) is 32.8. The molecule has 2 aromatic carbocycles. The number of aliphatic hydroxyl groups is 1. The second-order valence-corrected chi connectivity index (χ2v) is 14.8. The normalized spacial score (nSPS) is 14.1. The summed E-state index contributed by atoms with van der Waals surface area (Å²) < 4.78 is 28.6. The first-order valence-corrected chi connectivity index (χ1v) is 16.1. The lowest BCUT2D eigenvalue weighted by molar-refractivity contribution is -0.384. The largest absolute Gasteiger partial charge is 0.390 e. The van der Waals surface area contributed by atoms with Crippen LogP contribution >= 0.6 is 0 Å². The summed E-state index contributed by atoms with van der Waals surface area (Å²) in [5.41, 5.74) is -1.57. The fourth-order valence-corrected chi connectivity index (χ4v) is 6.22. The van der Waals surface area contributed by atoms with E-state index in [1.54, 1.807) is 41.5 Å². The summed E-state index contributed by atoms with van der Waals surface area (Å²) in [6.45, 7) is 14.1. The molecule has 0 radical (unpaired) electrons. The van der Waals surface area contributed by atoms with E-state index in [2.05, 4.69) is 5.32 Å². The third-order valence-electron chi connectivity index (χ3n) is 8.38. The van der Waals surface area contributed by atoms with Crippen LogP contribution in [-0.4, -0.2) is 59.7 Å². The van der Waals surface area contributed by atoms with Crippen molar-refractivity contribution in [3.8, 4) is 0 Å². The number of non-ortho nitro benzene ring substituents is 1. The highest BCUT2D eigenvalue weighted by atomic mass is 32.2. The number of benzene rings is 2. The standard InChI is InChI=1S/C32H47N3O7S/c1-22(2)18-19-34(43(41,42)26-16-14-25(15-17-26)35(39)40)21-28(36)27(20-24-12-10-9-11-13-24)33-30(38)32(7,8)31(5,6)29(37)23(3)4/h9-17,22-23,27-28,36H,18-21H2,1-8H3,(H,33,38). The van der Waals surface area contributed by atoms with Gasteiger partial charge in [-0.15, -0.1) is 0 Å². The number of nitrogens with zero attached hydrogens (tertiary/aromatic N) is 2. The van der Waals surface area contributed by atoms with Crippen molar-refractivity contribution in [3.05, 3.63) is 70.3 Å². The molecule has 2 aromatic rings. The molecule has 10 nitrogen and oxygen atoms in total. The summed E-state index contributed by atoms with van der Waals surface area (Å²) in [7, 11) is -4.15. The first-order valence-electron chi connectivity index (χ1n) is 14.6. The maximum absolute atomic E-state index is 13.8. The number of sulfonamides is 1. The van der Waals surface area contributed by atoms with E-state index in [4.69, 9.17) is 0 Å². The molecule has 0 spiro atoms. The van der Waals surface area contributed by atoms with E-state index in [0.29, 0.717) is 6.42 Å². The molecule has 0 aliphatic rings. The number of nitro benzene ring substituents is 1. The van der Waals surface area contributed by atoms with Crippen molar-refractivity contribution in [1.29, 1.82) is 0 Å². The average molecular weight is 618 g/mol. The Bertz CT molecular complexity index is 1360. The van der Waals surface area contributed by atoms with Crippen molar-refractivity contribution in [2.75, 3.05) is 13.1 Å². The average Bonchev–Trinajstić information content (AvgIpc) is 2.94. The van der Waals surface area contributed by atoms with Gasteiger partial charge in [-0.25, -0.2) is 8.42 Å². The van der Waals surface area contributed by atoms with Crippen molar-refractivity contribution >= 4 is 27.4 Å². The van der Waals surface area contributed by atoms with Gasteiger partial charge in [0.15, 0.2) is 0 Å². The molecule has 2 N–H and O–H groups in total. The number of rotatable bonds is 16. The predicted octanol–water partition coefficient (Wildman–Crippen LogP) is 5.00. The molecule has 0 aromatic heterocycles. The van der Waals surface area contributed by atoms with Crippen molar-refractivity contribution in [2.24, 2.45) is 22.7 Å². The molecule has 2 atom stereocenters. The molecule has 0 aliphatic heterocycles. The number of hydrogen-bond donors (Lipinski definition) is 2. The number of carbonyl (C=O) groups excluding carboxylic acids is 2. The van der Waals surface area contributed by atoms with Crippen molar-refractivity contribution in [3.63, 3.8) is 0 Å². The third kappa shape index (κ3) is 8.93. The van der Waals surface area contributed by atoms with Crippen LogP contribution in [-0.2, 0) is 26.0 Å². The van der Waals surface area contributed by atoms with Crippen LogP contribution in [0.25, 0.3) is 0 Å². The van der Waals surface area contributed by atoms with Crippen LogP contribution < -0.4 is 5.32 Å². The maximum Gasteiger partial charge on any atom is 0.269 e. The molecule has 0 saturated heterocycles. The Morgan fingerprint density at radius 2 is 1.51 bits per heavy atom. The van der Waals surface area contributed by atoms with Crippen molar-refractivity contribution in [2.45, 2.75) is 85.3 Å². The number of ketones is 1. The number of nitrogens with one attached hydrogen (secondary N) is 1. The molecule has 43 heavy (non-hydrogen) atoms. The minimum Gasteiger partial charge on any atom is -0.390 e. The number of Topliss-reactive ketones (excluding diaryl/α,β-unsaturated/α-hetero) is 1. The number of amides is 1. The summed E-state index contributed by atoms with van der Waals surface area (Å²) in [6, 6.07) is 13.0. The van der Waals surface area contributed by atoms with Crippen LogP contribution in [0, 0.1) is 32.8 Å². The van der Waals surface area contributed by atoms with Gasteiger partial charge >= 0.3 is 0 Å². The third-order valence-corrected chi connectivity index (χ3v) is 10.3. The molecule has 0 fully saturated rings. The van der Waals surface area contributed by atoms with Gasteiger partial charge in [-0.05, 0) is 36.5 Å². The molecule has 2 rings (SSSR count). The van der Waals surface area contributed by atoms with E-state index in [1.165, 1.54) is 16.4 Å². The van der Waals surface area contributed by atoms with Crippen LogP contribution in [0.5, 0.6) is 0 Å². The Kier molecular flexibility index (Phi) is 12.2. The van der Waals surface area contributed by atoms with Crippen LogP contribution in [0.4, 0.5) is 5.69 Å². The highest BCUT2D eigenvalue weighted by molar-refractivity contribution is 7.89. The van der Waals surface area contributed by atoms with E-state index in [1.807, 2.05) is 44.2 Å². The first kappa shape index (κ1) is 36.0. The zero-order valence-electron chi connectivity index (χ0n) is 26.5. The molecule has 2 unspecified atom stereocenters. The summed E-state index contributed by atoms with van der Waals surface area (Å²) >= 11 is 0. The topological polar surface area (TPSA) is 147 Å². The summed E-state index contributed by atoms with van der Waals surface area (Å²) in [5, 5.41) is 25.6. The highest BCUT2D eigenvalue weighted by Crippen LogP contribution is 2.41. The Balaban J connectivity index is 2.46. The maximum atomic E-state index is 13.8. The van der Waals surface area contributed by atoms with E-state index in [-0.39, 0.29) is 47.7 Å². The van der Waals surface area contributed by atoms with Crippen LogP contribution in [0.3, 0.4) is 0 Å². The van der Waals surface area contributed by atoms with Gasteiger partial charge in [-0.3, -0.25) is 19.7 Å². The van der Waals surface area contributed by atoms with Crippen molar-refractivity contribution in [1.82, 2.24) is 9.62 Å². The van der Waals surface area contributed by atoms with Gasteiger partial charge in [-0.1, -0.05) is 85.7 Å². The Hall–Kier alpha value is -3.15. The monoisotopic (exact) mass is 617 g/mol. The molecule has 0 bridgehead atoms. The van der Waals surface area contributed by atoms with Gasteiger partial charge in [0.2, 0.25) is 15.9 Å². The van der Waals surface area contributed by atoms with Gasteiger partial charge in [0.1, 0.15) is 5.78 Å². The second-order valence-electron chi connectivity index (χ2n) is 12.9. The van der Waals surface area contributed by atoms with E-state index >= 15 is 0 Å². The summed E-state index contributed by atoms with van der Waals surface area (Å²) in [4.78, 5) is 37.2. The Labute approximate surface area is 256 Å². The smallest absolute Gasteiger partial charge is 0.269 e. The van der Waals surface area contributed by atoms with Gasteiger partial charge in [-0.2, -0.15) is 4.31 Å².